The van der Waals surface area contributed by atoms with Crippen molar-refractivity contribution < 1.29 is 35.4 Å². The molecule has 12 nitrogen and oxygen atoms in total. The van der Waals surface area contributed by atoms with Crippen LogP contribution in [0.25, 0.3) is 44.7 Å². The number of thiophene rings is 2. The summed E-state index contributed by atoms with van der Waals surface area (Å²) < 4.78 is 82.5. The lowest BCUT2D eigenvalue weighted by molar-refractivity contribution is 0.326. The van der Waals surface area contributed by atoms with Crippen LogP contribution >= 0.6 is 69.1 Å². The number of hydrogen-bond donors (Lipinski definition) is 2. The number of ether oxygens (including phenoxy) is 2. The monoisotopic (exact) mass is 966 g/mol. The maximum absolute atomic E-state index is 12.0. The fourth-order valence-corrected chi connectivity index (χ4v) is 11.7. The zero-order chi connectivity index (χ0) is 42.3. The maximum Gasteiger partial charge on any atom is 0.304 e. The number of allylic oxidation sites excluding steroid dienone is 2. The fraction of sp³-hybridized carbons (Fsp3) is 0.250. The van der Waals surface area contributed by atoms with E-state index < -0.39 is 20.2 Å². The van der Waals surface area contributed by atoms with Gasteiger partial charge in [-0.2, -0.15) is 27.0 Å². The van der Waals surface area contributed by atoms with Gasteiger partial charge in [0.05, 0.1) is 67.2 Å². The van der Waals surface area contributed by atoms with Crippen molar-refractivity contribution in [3.8, 4) is 44.0 Å². The third kappa shape index (κ3) is 8.96. The molecule has 0 aliphatic carbocycles. The van der Waals surface area contributed by atoms with Gasteiger partial charge in [-0.15, -0.1) is 22.7 Å². The maximum atomic E-state index is 12.0. The number of halogens is 4. The van der Waals surface area contributed by atoms with E-state index >= 15 is 0 Å². The summed E-state index contributed by atoms with van der Waals surface area (Å²) in [6, 6.07) is 12.8. The Morgan fingerprint density at radius 1 is 0.633 bits per heavy atom. The minimum atomic E-state index is -4.46. The number of rotatable bonds is 13. The van der Waals surface area contributed by atoms with Crippen molar-refractivity contribution in [2.24, 2.45) is 0 Å². The molecule has 60 heavy (non-hydrogen) atoms. The lowest BCUT2D eigenvalue weighted by Gasteiger charge is -2.09. The smallest absolute Gasteiger partial charge is 0.304 e. The highest BCUT2D eigenvalue weighted by atomic mass is 35.5. The van der Waals surface area contributed by atoms with E-state index in [4.69, 9.17) is 66.1 Å². The molecule has 20 heteroatoms. The summed E-state index contributed by atoms with van der Waals surface area (Å²) in [5.41, 5.74) is 5.58. The normalized spacial score (nSPS) is 14.0. The number of benzene rings is 2. The van der Waals surface area contributed by atoms with Gasteiger partial charge in [0, 0.05) is 46.1 Å². The Hall–Kier alpha value is -3.68. The summed E-state index contributed by atoms with van der Waals surface area (Å²) in [7, 11) is -8.91. The molecule has 6 aromatic rings. The zero-order valence-corrected chi connectivity index (χ0v) is 37.6. The van der Waals surface area contributed by atoms with Crippen molar-refractivity contribution in [2.45, 2.75) is 59.8 Å². The van der Waals surface area contributed by atoms with Gasteiger partial charge in [-0.1, -0.05) is 71.4 Å². The second-order valence-electron chi connectivity index (χ2n) is 13.9. The first-order valence-electron chi connectivity index (χ1n) is 18.6. The second kappa shape index (κ2) is 17.6. The van der Waals surface area contributed by atoms with Crippen molar-refractivity contribution in [1.29, 1.82) is 0 Å². The molecule has 0 radical (unpaired) electrons. The lowest BCUT2D eigenvalue weighted by atomic mass is 10.1. The molecule has 0 spiro atoms. The predicted octanol–water partition coefficient (Wildman–Crippen LogP) is 11.6. The first-order valence-corrected chi connectivity index (χ1v) is 24.7. The van der Waals surface area contributed by atoms with Gasteiger partial charge >= 0.3 is 20.2 Å². The van der Waals surface area contributed by atoms with Crippen LogP contribution in [-0.4, -0.2) is 58.7 Å². The number of nitrogens with zero attached hydrogens (tertiary/aromatic N) is 4. The molecular weight excluding hydrogens is 935 g/mol. The van der Waals surface area contributed by atoms with E-state index in [1.165, 1.54) is 12.1 Å². The average Bonchev–Trinajstić information content (AvgIpc) is 3.92. The molecule has 6 heterocycles. The molecule has 0 fully saturated rings. The highest BCUT2D eigenvalue weighted by Gasteiger charge is 2.31. The Morgan fingerprint density at radius 3 is 1.43 bits per heavy atom. The molecule has 2 N–H and O–H groups in total. The Labute approximate surface area is 374 Å². The lowest BCUT2D eigenvalue weighted by Crippen LogP contribution is -2.00. The number of hydrogen-bond acceptors (Lipinski definition) is 10. The summed E-state index contributed by atoms with van der Waals surface area (Å²) in [4.78, 5) is 1.05. The van der Waals surface area contributed by atoms with Crippen LogP contribution in [0.4, 0.5) is 0 Å². The van der Waals surface area contributed by atoms with Gasteiger partial charge in [-0.25, -0.2) is 9.36 Å². The van der Waals surface area contributed by atoms with E-state index in [1.807, 2.05) is 12.2 Å². The predicted molar refractivity (Wildman–Crippen MR) is 238 cm³/mol. The minimum Gasteiger partial charge on any atom is -0.492 e. The van der Waals surface area contributed by atoms with Crippen molar-refractivity contribution in [3.05, 3.63) is 103 Å². The first-order chi connectivity index (χ1) is 28.7. The van der Waals surface area contributed by atoms with Gasteiger partial charge in [-0.3, -0.25) is 9.11 Å². The van der Waals surface area contributed by atoms with E-state index in [0.717, 1.165) is 72.3 Å². The van der Waals surface area contributed by atoms with Crippen LogP contribution in [-0.2, 0) is 33.1 Å². The molecule has 0 saturated carbocycles. The molecule has 0 atom stereocenters. The van der Waals surface area contributed by atoms with Gasteiger partial charge in [0.25, 0.3) is 0 Å². The molecule has 8 rings (SSSR count). The van der Waals surface area contributed by atoms with Crippen molar-refractivity contribution >= 4 is 101 Å². The second-order valence-corrected chi connectivity index (χ2v) is 21.0. The Bertz CT molecular complexity index is 2720. The molecule has 0 bridgehead atoms. The SMILES string of the molecule is O=S(=O)(O)c1cc2c(s1)-c1c(c(/C=C/CCCCCC/C=C/c3nn(-c4ccc(Cl)cc4Cl)c4c3CCOc3cc(S(=O)(=O)O)sc3-4)nn1-c1ccc(Cl)cc1Cl)CCO2. The molecule has 314 valence electrons. The fourth-order valence-electron chi connectivity index (χ4n) is 7.12. The summed E-state index contributed by atoms with van der Waals surface area (Å²) in [5.74, 6) is 0.692. The van der Waals surface area contributed by atoms with Crippen molar-refractivity contribution in [1.82, 2.24) is 19.6 Å². The topological polar surface area (TPSA) is 163 Å². The van der Waals surface area contributed by atoms with Crippen molar-refractivity contribution in [2.75, 3.05) is 13.2 Å². The van der Waals surface area contributed by atoms with E-state index in [2.05, 4.69) is 12.2 Å². The average molecular weight is 969 g/mol. The molecule has 0 saturated heterocycles. The highest BCUT2D eigenvalue weighted by molar-refractivity contribution is 7.88. The van der Waals surface area contributed by atoms with Crippen LogP contribution < -0.4 is 9.47 Å². The quantitative estimate of drug-likeness (QED) is 0.0841. The molecule has 2 aliphatic rings. The molecule has 4 aromatic heterocycles. The van der Waals surface area contributed by atoms with Gasteiger partial charge < -0.3 is 9.47 Å². The van der Waals surface area contributed by atoms with Crippen LogP contribution in [0.3, 0.4) is 0 Å². The van der Waals surface area contributed by atoms with Gasteiger partial charge in [-0.05, 0) is 74.2 Å². The molecule has 0 unspecified atom stereocenters. The largest absolute Gasteiger partial charge is 0.492 e. The Morgan fingerprint density at radius 2 is 1.05 bits per heavy atom. The minimum absolute atomic E-state index is 0.223. The third-order valence-electron chi connectivity index (χ3n) is 9.86. The standard InChI is InChI=1S/C40H34Cl4N4O8S4/c41-23-11-13-31(27(43)19-23)47-37-25(15-17-55-33-21-35(57-39(33)37)59(49,50)51)29(45-47)9-7-5-3-1-2-4-6-8-10-30-26-16-18-56-34-22-36(60(52,53)54)58-40(34)38(26)48(46-30)32-14-12-24(42)20-28(32)44/h7-14,19-22H,1-6,15-18H2,(H,49,50,51)(H,52,53,54)/b9-7+,10-8+. The number of fused-ring (bicyclic) bond motifs is 6. The van der Waals surface area contributed by atoms with Gasteiger partial charge in [0.15, 0.2) is 8.42 Å². The summed E-state index contributed by atoms with van der Waals surface area (Å²) in [6.45, 7) is 0.583. The Kier molecular flexibility index (Phi) is 12.6. The van der Waals surface area contributed by atoms with Gasteiger partial charge in [0.2, 0.25) is 0 Å². The molecule has 2 aromatic carbocycles. The van der Waals surface area contributed by atoms with E-state index in [-0.39, 0.29) is 8.42 Å². The van der Waals surface area contributed by atoms with Gasteiger partial charge in [0.1, 0.15) is 11.5 Å². The summed E-state index contributed by atoms with van der Waals surface area (Å²) in [5, 5.41) is 11.5. The summed E-state index contributed by atoms with van der Waals surface area (Å²) >= 11 is 27.5. The first kappa shape index (κ1) is 43.0. The molecule has 0 amide bonds. The van der Waals surface area contributed by atoms with Crippen molar-refractivity contribution in [3.63, 3.8) is 0 Å². The van der Waals surface area contributed by atoms with E-state index in [1.54, 1.807) is 45.8 Å². The van der Waals surface area contributed by atoms with Crippen LogP contribution in [0, 0.1) is 0 Å². The summed E-state index contributed by atoms with van der Waals surface area (Å²) in [6.07, 6.45) is 14.7. The van der Waals surface area contributed by atoms with E-state index in [9.17, 15) is 25.9 Å². The Balaban J connectivity index is 0.939. The zero-order valence-electron chi connectivity index (χ0n) is 31.3. The third-order valence-corrected chi connectivity index (χ3v) is 15.8. The molecular formula is C40H34Cl4N4O8S4. The molecule has 2 aliphatic heterocycles. The number of unbranched alkanes of at least 4 members (excludes halogenated alkanes) is 5. The van der Waals surface area contributed by atoms with E-state index in [0.29, 0.717) is 102 Å². The van der Waals surface area contributed by atoms with Crippen LogP contribution in [0.5, 0.6) is 11.5 Å². The number of aromatic nitrogens is 4. The highest BCUT2D eigenvalue weighted by Crippen LogP contribution is 2.47. The van der Waals surface area contributed by atoms with Crippen LogP contribution in [0.15, 0.2) is 69.1 Å². The van der Waals surface area contributed by atoms with Crippen LogP contribution in [0.2, 0.25) is 20.1 Å². The van der Waals surface area contributed by atoms with Crippen LogP contribution in [0.1, 0.15) is 61.0 Å².